The molecular weight excluding hydrogens is 310 g/mol. The van der Waals surface area contributed by atoms with Gasteiger partial charge in [0.1, 0.15) is 5.75 Å². The number of likely N-dealkylation sites (tertiary alicyclic amines) is 1. The first-order chi connectivity index (χ1) is 12.2. The van der Waals surface area contributed by atoms with Crippen LogP contribution in [-0.2, 0) is 0 Å². The number of ether oxygens (including phenoxy) is 1. The highest BCUT2D eigenvalue weighted by molar-refractivity contribution is 5.49. The van der Waals surface area contributed by atoms with Crippen molar-refractivity contribution < 1.29 is 4.74 Å². The van der Waals surface area contributed by atoms with Crippen molar-refractivity contribution in [3.8, 4) is 5.75 Å². The molecule has 138 valence electrons. The molecule has 1 unspecified atom stereocenters. The van der Waals surface area contributed by atoms with Crippen LogP contribution in [-0.4, -0.2) is 68.8 Å². The van der Waals surface area contributed by atoms with Crippen LogP contribution in [0.3, 0.4) is 0 Å². The van der Waals surface area contributed by atoms with Gasteiger partial charge in [-0.3, -0.25) is 9.80 Å². The molecule has 0 spiro atoms. The minimum absolute atomic E-state index is 0.734. The van der Waals surface area contributed by atoms with Crippen molar-refractivity contribution in [2.45, 2.75) is 32.7 Å². The molecule has 0 saturated carbocycles. The zero-order valence-electron chi connectivity index (χ0n) is 16.1. The summed E-state index contributed by atoms with van der Waals surface area (Å²) >= 11 is 0. The molecular formula is C21H33N3O. The fourth-order valence-electron chi connectivity index (χ4n) is 3.94. The second kappa shape index (κ2) is 8.72. The lowest BCUT2D eigenvalue weighted by molar-refractivity contribution is 0.0990. The molecule has 2 heterocycles. The number of nitrogens with zero attached hydrogens (tertiary/aromatic N) is 3. The first kappa shape index (κ1) is 18.3. The van der Waals surface area contributed by atoms with Gasteiger partial charge in [-0.05, 0) is 57.5 Å². The monoisotopic (exact) mass is 343 g/mol. The number of piperazine rings is 1. The van der Waals surface area contributed by atoms with Crippen LogP contribution < -0.4 is 9.64 Å². The van der Waals surface area contributed by atoms with E-state index in [2.05, 4.69) is 58.9 Å². The summed E-state index contributed by atoms with van der Waals surface area (Å²) in [6.45, 7) is 12.6. The van der Waals surface area contributed by atoms with Crippen molar-refractivity contribution in [2.24, 2.45) is 0 Å². The van der Waals surface area contributed by atoms with Gasteiger partial charge >= 0.3 is 0 Å². The van der Waals surface area contributed by atoms with E-state index in [1.165, 1.54) is 50.3 Å². The van der Waals surface area contributed by atoms with Crippen LogP contribution in [0, 0.1) is 0 Å². The number of benzene rings is 1. The van der Waals surface area contributed by atoms with Crippen LogP contribution in [0.25, 0.3) is 0 Å². The van der Waals surface area contributed by atoms with Crippen LogP contribution in [0.15, 0.2) is 35.9 Å². The SMILES string of the molecule is COc1ccc(N2CCN(C3CCCN(CC=C(C)C)C3)CC2)cc1. The van der Waals surface area contributed by atoms with Crippen LogP contribution >= 0.6 is 0 Å². The number of hydrogen-bond acceptors (Lipinski definition) is 4. The molecule has 0 bridgehead atoms. The maximum Gasteiger partial charge on any atom is 0.119 e. The summed E-state index contributed by atoms with van der Waals surface area (Å²) in [5.74, 6) is 0.932. The number of rotatable bonds is 5. The Balaban J connectivity index is 1.50. The number of piperidine rings is 1. The lowest BCUT2D eigenvalue weighted by atomic mass is 10.0. The molecule has 25 heavy (non-hydrogen) atoms. The lowest BCUT2D eigenvalue weighted by Gasteiger charge is -2.43. The molecule has 4 nitrogen and oxygen atoms in total. The molecule has 2 fully saturated rings. The summed E-state index contributed by atoms with van der Waals surface area (Å²) in [6.07, 6.45) is 5.05. The quantitative estimate of drug-likeness (QED) is 0.764. The third-order valence-electron chi connectivity index (χ3n) is 5.51. The number of allylic oxidation sites excluding steroid dienone is 1. The first-order valence-corrected chi connectivity index (χ1v) is 9.64. The third kappa shape index (κ3) is 4.99. The van der Waals surface area contributed by atoms with Crippen molar-refractivity contribution in [2.75, 3.05) is 57.8 Å². The summed E-state index contributed by atoms with van der Waals surface area (Å²) in [7, 11) is 1.72. The van der Waals surface area contributed by atoms with Gasteiger partial charge in [0.2, 0.25) is 0 Å². The average molecular weight is 344 g/mol. The maximum absolute atomic E-state index is 5.26. The maximum atomic E-state index is 5.26. The van der Waals surface area contributed by atoms with Gasteiger partial charge in [0, 0.05) is 51.0 Å². The van der Waals surface area contributed by atoms with E-state index in [9.17, 15) is 0 Å². The van der Waals surface area contributed by atoms with E-state index in [4.69, 9.17) is 4.74 Å². The van der Waals surface area contributed by atoms with Gasteiger partial charge in [0.25, 0.3) is 0 Å². The predicted molar refractivity (Wildman–Crippen MR) is 106 cm³/mol. The Labute approximate surface area is 153 Å². The van der Waals surface area contributed by atoms with Crippen LogP contribution in [0.2, 0.25) is 0 Å². The smallest absolute Gasteiger partial charge is 0.119 e. The van der Waals surface area contributed by atoms with Gasteiger partial charge in [0.05, 0.1) is 7.11 Å². The average Bonchev–Trinajstić information content (AvgIpc) is 2.67. The predicted octanol–water partition coefficient (Wildman–Crippen LogP) is 3.25. The number of anilines is 1. The second-order valence-corrected chi connectivity index (χ2v) is 7.56. The summed E-state index contributed by atoms with van der Waals surface area (Å²) in [5, 5.41) is 0. The Hall–Kier alpha value is -1.52. The minimum atomic E-state index is 0.734. The van der Waals surface area contributed by atoms with E-state index in [0.717, 1.165) is 31.4 Å². The molecule has 1 atom stereocenters. The van der Waals surface area contributed by atoms with Crippen LogP contribution in [0.1, 0.15) is 26.7 Å². The fourth-order valence-corrected chi connectivity index (χ4v) is 3.94. The van der Waals surface area contributed by atoms with Crippen LogP contribution in [0.5, 0.6) is 5.75 Å². The molecule has 0 amide bonds. The Morgan fingerprint density at radius 1 is 1.08 bits per heavy atom. The third-order valence-corrected chi connectivity index (χ3v) is 5.51. The second-order valence-electron chi connectivity index (χ2n) is 7.56. The van der Waals surface area contributed by atoms with Crippen LogP contribution in [0.4, 0.5) is 5.69 Å². The molecule has 0 radical (unpaired) electrons. The summed E-state index contributed by atoms with van der Waals surface area (Å²) in [6, 6.07) is 9.21. The number of hydrogen-bond donors (Lipinski definition) is 0. The van der Waals surface area contributed by atoms with Gasteiger partial charge < -0.3 is 9.64 Å². The lowest BCUT2D eigenvalue weighted by Crippen LogP contribution is -2.55. The van der Waals surface area contributed by atoms with Gasteiger partial charge in [-0.15, -0.1) is 0 Å². The molecule has 0 N–H and O–H groups in total. The van der Waals surface area contributed by atoms with E-state index < -0.39 is 0 Å². The molecule has 2 aliphatic rings. The van der Waals surface area contributed by atoms with E-state index in [1.54, 1.807) is 7.11 Å². The minimum Gasteiger partial charge on any atom is -0.497 e. The highest BCUT2D eigenvalue weighted by Crippen LogP contribution is 2.23. The topological polar surface area (TPSA) is 19.0 Å². The highest BCUT2D eigenvalue weighted by atomic mass is 16.5. The first-order valence-electron chi connectivity index (χ1n) is 9.64. The van der Waals surface area contributed by atoms with Crippen molar-refractivity contribution >= 4 is 5.69 Å². The Morgan fingerprint density at radius 3 is 2.44 bits per heavy atom. The Kier molecular flexibility index (Phi) is 6.38. The van der Waals surface area contributed by atoms with Crippen molar-refractivity contribution in [3.05, 3.63) is 35.9 Å². The zero-order valence-corrected chi connectivity index (χ0v) is 16.1. The normalized spacial score (nSPS) is 22.7. The zero-order chi connectivity index (χ0) is 17.6. The van der Waals surface area contributed by atoms with Crippen molar-refractivity contribution in [1.82, 2.24) is 9.80 Å². The standard InChI is InChI=1S/C21H33N3O/c1-18(2)10-12-22-11-4-5-20(17-22)24-15-13-23(14-16-24)19-6-8-21(25-3)9-7-19/h6-10,20H,4-5,11-17H2,1-3H3. The molecule has 3 rings (SSSR count). The Bertz CT molecular complexity index is 557. The largest absolute Gasteiger partial charge is 0.497 e. The highest BCUT2D eigenvalue weighted by Gasteiger charge is 2.27. The molecule has 0 aromatic heterocycles. The van der Waals surface area contributed by atoms with Crippen molar-refractivity contribution in [1.29, 1.82) is 0 Å². The van der Waals surface area contributed by atoms with Gasteiger partial charge in [-0.2, -0.15) is 0 Å². The Morgan fingerprint density at radius 2 is 1.80 bits per heavy atom. The molecule has 4 heteroatoms. The van der Waals surface area contributed by atoms with E-state index >= 15 is 0 Å². The molecule has 2 saturated heterocycles. The molecule has 2 aliphatic heterocycles. The van der Waals surface area contributed by atoms with E-state index in [0.29, 0.717) is 0 Å². The molecule has 0 aliphatic carbocycles. The molecule has 1 aromatic carbocycles. The summed E-state index contributed by atoms with van der Waals surface area (Å²) in [5.41, 5.74) is 2.74. The fraction of sp³-hybridized carbons (Fsp3) is 0.619. The van der Waals surface area contributed by atoms with E-state index in [1.807, 2.05) is 0 Å². The summed E-state index contributed by atoms with van der Waals surface area (Å²) in [4.78, 5) is 7.84. The number of methoxy groups -OCH3 is 1. The van der Waals surface area contributed by atoms with Gasteiger partial charge in [0.15, 0.2) is 0 Å². The van der Waals surface area contributed by atoms with Gasteiger partial charge in [-0.1, -0.05) is 11.6 Å². The van der Waals surface area contributed by atoms with Gasteiger partial charge in [-0.25, -0.2) is 0 Å². The summed E-state index contributed by atoms with van der Waals surface area (Å²) < 4.78 is 5.26. The van der Waals surface area contributed by atoms with E-state index in [-0.39, 0.29) is 0 Å². The van der Waals surface area contributed by atoms with Crippen molar-refractivity contribution in [3.63, 3.8) is 0 Å². The molecule has 1 aromatic rings.